The molecule has 0 radical (unpaired) electrons. The number of hydrogen-bond donors (Lipinski definition) is 2. The summed E-state index contributed by atoms with van der Waals surface area (Å²) in [7, 11) is 1.58. The predicted octanol–water partition coefficient (Wildman–Crippen LogP) is 4.82. The van der Waals surface area contributed by atoms with Crippen molar-refractivity contribution in [2.45, 2.75) is 44.8 Å². The first-order valence-electron chi connectivity index (χ1n) is 12.1. The molecule has 3 aromatic carbocycles. The van der Waals surface area contributed by atoms with E-state index in [2.05, 4.69) is 31.3 Å². The number of fused-ring (bicyclic) bond motifs is 1. The fraction of sp³-hybridized carbons (Fsp3) is 0.310. The molecule has 7 nitrogen and oxygen atoms in total. The van der Waals surface area contributed by atoms with Crippen LogP contribution in [0.1, 0.15) is 36.5 Å². The summed E-state index contributed by atoms with van der Waals surface area (Å²) in [6, 6.07) is 21.0. The number of nitrogens with one attached hydrogen (secondary N) is 1. The number of para-hydroxylation sites is 2. The molecule has 0 aliphatic carbocycles. The lowest BCUT2D eigenvalue weighted by Crippen LogP contribution is -2.54. The van der Waals surface area contributed by atoms with Gasteiger partial charge in [-0.15, -0.1) is 12.4 Å². The summed E-state index contributed by atoms with van der Waals surface area (Å²) in [5, 5.41) is 13.0. The summed E-state index contributed by atoms with van der Waals surface area (Å²) in [5.74, 6) is 0.446. The molecule has 0 fully saturated rings. The molecule has 2 N–H and O–H groups in total. The molecule has 196 valence electrons. The fourth-order valence-electron chi connectivity index (χ4n) is 4.28. The largest absolute Gasteiger partial charge is 0.497 e. The van der Waals surface area contributed by atoms with E-state index >= 15 is 0 Å². The Hall–Kier alpha value is -3.55. The topological polar surface area (TPSA) is 88.1 Å². The lowest BCUT2D eigenvalue weighted by Gasteiger charge is -2.27. The molecule has 2 atom stereocenters. The van der Waals surface area contributed by atoms with E-state index in [1.165, 1.54) is 5.56 Å². The Morgan fingerprint density at radius 3 is 2.32 bits per heavy atom. The molecule has 0 unspecified atom stereocenters. The number of anilines is 1. The zero-order chi connectivity index (χ0) is 25.7. The Labute approximate surface area is 223 Å². The molecule has 1 aliphatic heterocycles. The van der Waals surface area contributed by atoms with Crippen molar-refractivity contribution in [2.75, 3.05) is 18.6 Å². The number of halogens is 1. The van der Waals surface area contributed by atoms with Gasteiger partial charge in [0.15, 0.2) is 0 Å². The number of carboxylic acids is 1. The van der Waals surface area contributed by atoms with E-state index in [1.54, 1.807) is 24.1 Å². The van der Waals surface area contributed by atoms with Crippen molar-refractivity contribution in [3.8, 4) is 11.5 Å². The van der Waals surface area contributed by atoms with Gasteiger partial charge in [-0.25, -0.2) is 0 Å². The summed E-state index contributed by atoms with van der Waals surface area (Å²) in [6.07, 6.45) is 0.215. The molecule has 4 rings (SSSR count). The highest BCUT2D eigenvalue weighted by Crippen LogP contribution is 2.32. The van der Waals surface area contributed by atoms with Crippen LogP contribution in [0.4, 0.5) is 5.69 Å². The van der Waals surface area contributed by atoms with Gasteiger partial charge in [-0.2, -0.15) is 0 Å². The second-order valence-corrected chi connectivity index (χ2v) is 9.26. The number of benzene rings is 3. The molecule has 37 heavy (non-hydrogen) atoms. The summed E-state index contributed by atoms with van der Waals surface area (Å²) in [5.41, 5.74) is 3.70. The molecule has 1 amide bonds. The van der Waals surface area contributed by atoms with E-state index < -0.39 is 18.1 Å². The van der Waals surface area contributed by atoms with Crippen molar-refractivity contribution in [1.82, 2.24) is 5.32 Å². The Balaban J connectivity index is 0.00000380. The average molecular weight is 525 g/mol. The van der Waals surface area contributed by atoms with Gasteiger partial charge in [-0.05, 0) is 53.3 Å². The minimum atomic E-state index is -1.03. The Morgan fingerprint density at radius 1 is 1.05 bits per heavy atom. The van der Waals surface area contributed by atoms with Crippen molar-refractivity contribution in [1.29, 1.82) is 0 Å². The second kappa shape index (κ2) is 12.6. The maximum Gasteiger partial charge on any atom is 0.321 e. The van der Waals surface area contributed by atoms with Gasteiger partial charge >= 0.3 is 5.97 Å². The molecule has 1 heterocycles. The van der Waals surface area contributed by atoms with E-state index in [-0.39, 0.29) is 31.3 Å². The number of amides is 1. The van der Waals surface area contributed by atoms with Crippen LogP contribution in [0.15, 0.2) is 72.8 Å². The highest BCUT2D eigenvalue weighted by Gasteiger charge is 2.34. The predicted molar refractivity (Wildman–Crippen MR) is 146 cm³/mol. The maximum atomic E-state index is 13.8. The van der Waals surface area contributed by atoms with Gasteiger partial charge in [-0.3, -0.25) is 14.9 Å². The van der Waals surface area contributed by atoms with Gasteiger partial charge in [-0.1, -0.05) is 62.4 Å². The zero-order valence-electron chi connectivity index (χ0n) is 21.2. The number of methoxy groups -OCH3 is 1. The lowest BCUT2D eigenvalue weighted by molar-refractivity contribution is -0.140. The molecule has 8 heteroatoms. The number of aliphatic carboxylic acids is 1. The molecule has 0 spiro atoms. The molecular weight excluding hydrogens is 492 g/mol. The lowest BCUT2D eigenvalue weighted by atomic mass is 10.0. The summed E-state index contributed by atoms with van der Waals surface area (Å²) < 4.78 is 11.2. The first-order chi connectivity index (χ1) is 17.4. The van der Waals surface area contributed by atoms with Gasteiger partial charge in [0, 0.05) is 0 Å². The van der Waals surface area contributed by atoms with Crippen molar-refractivity contribution in [3.63, 3.8) is 0 Å². The van der Waals surface area contributed by atoms with Crippen LogP contribution in [0, 0.1) is 0 Å². The van der Waals surface area contributed by atoms with Crippen molar-refractivity contribution >= 4 is 30.0 Å². The molecular formula is C29H33ClN2O5. The van der Waals surface area contributed by atoms with E-state index in [4.69, 9.17) is 9.47 Å². The number of carboxylic acid groups (broad SMARTS) is 1. The van der Waals surface area contributed by atoms with Crippen molar-refractivity contribution < 1.29 is 24.2 Å². The number of rotatable bonds is 9. The number of carbonyl (C=O) groups is 2. The summed E-state index contributed by atoms with van der Waals surface area (Å²) >= 11 is 0. The molecule has 0 aromatic heterocycles. The second-order valence-electron chi connectivity index (χ2n) is 9.26. The van der Waals surface area contributed by atoms with Gasteiger partial charge < -0.3 is 19.5 Å². The number of ether oxygens (including phenoxy) is 2. The number of carbonyl (C=O) groups excluding carboxylic acids is 1. The smallest absolute Gasteiger partial charge is 0.321 e. The maximum absolute atomic E-state index is 13.8. The van der Waals surface area contributed by atoms with Gasteiger partial charge in [0.05, 0.1) is 19.3 Å². The van der Waals surface area contributed by atoms with Crippen LogP contribution in [0.2, 0.25) is 0 Å². The fourth-order valence-corrected chi connectivity index (χ4v) is 4.28. The molecule has 1 aliphatic rings. The molecule has 0 saturated heterocycles. The van der Waals surface area contributed by atoms with E-state index in [0.717, 1.165) is 11.1 Å². The first-order valence-corrected chi connectivity index (χ1v) is 12.1. The highest BCUT2D eigenvalue weighted by molar-refractivity contribution is 5.99. The third kappa shape index (κ3) is 6.81. The van der Waals surface area contributed by atoms with E-state index in [1.807, 2.05) is 48.5 Å². The molecule has 0 bridgehead atoms. The third-order valence-electron chi connectivity index (χ3n) is 6.41. The Kier molecular flexibility index (Phi) is 9.55. The Bertz CT molecular complexity index is 1200. The number of hydrogen-bond acceptors (Lipinski definition) is 5. The van der Waals surface area contributed by atoms with Crippen LogP contribution in [-0.2, 0) is 22.6 Å². The summed E-state index contributed by atoms with van der Waals surface area (Å²) in [6.45, 7) is 4.67. The van der Waals surface area contributed by atoms with Crippen molar-refractivity contribution in [3.05, 3.63) is 89.5 Å². The van der Waals surface area contributed by atoms with Gasteiger partial charge in [0.1, 0.15) is 30.2 Å². The van der Waals surface area contributed by atoms with Crippen LogP contribution in [0.3, 0.4) is 0 Å². The SMILES string of the molecule is COc1ccc(C[C@@H](N[C@H]2COc3ccccc3N(Cc3ccc(C(C)C)cc3)C2=O)C(=O)O)cc1.Cl. The van der Waals surface area contributed by atoms with Crippen LogP contribution in [0.5, 0.6) is 11.5 Å². The highest BCUT2D eigenvalue weighted by atomic mass is 35.5. The molecule has 3 aromatic rings. The van der Waals surface area contributed by atoms with Gasteiger partial charge in [0.25, 0.3) is 0 Å². The van der Waals surface area contributed by atoms with Crippen LogP contribution in [0.25, 0.3) is 0 Å². The van der Waals surface area contributed by atoms with Crippen LogP contribution >= 0.6 is 12.4 Å². The Morgan fingerprint density at radius 2 is 1.70 bits per heavy atom. The monoisotopic (exact) mass is 524 g/mol. The van der Waals surface area contributed by atoms with E-state index in [9.17, 15) is 14.7 Å². The van der Waals surface area contributed by atoms with Crippen molar-refractivity contribution in [2.24, 2.45) is 0 Å². The summed E-state index contributed by atoms with van der Waals surface area (Å²) in [4.78, 5) is 27.6. The quantitative estimate of drug-likeness (QED) is 0.417. The number of nitrogens with zero attached hydrogens (tertiary/aromatic N) is 1. The normalized spacial score (nSPS) is 15.7. The zero-order valence-corrected chi connectivity index (χ0v) is 22.0. The minimum absolute atomic E-state index is 0. The average Bonchev–Trinajstić information content (AvgIpc) is 3.01. The van der Waals surface area contributed by atoms with Crippen LogP contribution in [-0.4, -0.2) is 42.8 Å². The standard InChI is InChI=1S/C29H32N2O5.ClH/c1-19(2)22-12-8-21(9-13-22)17-31-26-6-4-5-7-27(26)36-18-25(28(31)32)30-24(29(33)34)16-20-10-14-23(35-3)15-11-20;/h4-15,19,24-25,30H,16-18H2,1-3H3,(H,33,34);1H/t24-,25+;/m1./s1. The van der Waals surface area contributed by atoms with Crippen LogP contribution < -0.4 is 19.7 Å². The minimum Gasteiger partial charge on any atom is -0.497 e. The van der Waals surface area contributed by atoms with Gasteiger partial charge in [0.2, 0.25) is 5.91 Å². The molecule has 0 saturated carbocycles. The third-order valence-corrected chi connectivity index (χ3v) is 6.41. The first kappa shape index (κ1) is 28.0. The van der Waals surface area contributed by atoms with E-state index in [0.29, 0.717) is 29.6 Å².